The van der Waals surface area contributed by atoms with E-state index in [0.717, 1.165) is 18.7 Å². The molecule has 106 valence electrons. The predicted octanol–water partition coefficient (Wildman–Crippen LogP) is 0.644. The zero-order valence-corrected chi connectivity index (χ0v) is 11.0. The van der Waals surface area contributed by atoms with Gasteiger partial charge < -0.3 is 20.6 Å². The van der Waals surface area contributed by atoms with Crippen LogP contribution in [0.2, 0.25) is 0 Å². The minimum absolute atomic E-state index is 0.0968. The van der Waals surface area contributed by atoms with E-state index in [0.29, 0.717) is 19.1 Å². The van der Waals surface area contributed by atoms with Crippen LogP contribution in [-0.2, 0) is 6.54 Å². The summed E-state index contributed by atoms with van der Waals surface area (Å²) in [5.41, 5.74) is 0.932. The van der Waals surface area contributed by atoms with Crippen molar-refractivity contribution in [2.45, 2.75) is 25.4 Å². The molecule has 1 aliphatic heterocycles. The number of rotatable bonds is 6. The smallest absolute Gasteiger partial charge is 0.157 e. The van der Waals surface area contributed by atoms with Crippen molar-refractivity contribution < 1.29 is 15.3 Å². The van der Waals surface area contributed by atoms with Gasteiger partial charge in [-0.3, -0.25) is 4.90 Å². The maximum Gasteiger partial charge on any atom is 0.157 e. The molecule has 1 aromatic rings. The molecule has 1 unspecified atom stereocenters. The molecule has 0 saturated carbocycles. The van der Waals surface area contributed by atoms with Gasteiger partial charge >= 0.3 is 0 Å². The molecule has 0 amide bonds. The van der Waals surface area contributed by atoms with E-state index in [4.69, 9.17) is 5.11 Å². The van der Waals surface area contributed by atoms with E-state index in [1.807, 2.05) is 0 Å². The van der Waals surface area contributed by atoms with Crippen molar-refractivity contribution in [3.63, 3.8) is 0 Å². The zero-order valence-electron chi connectivity index (χ0n) is 11.0. The van der Waals surface area contributed by atoms with Gasteiger partial charge in [-0.15, -0.1) is 0 Å². The van der Waals surface area contributed by atoms with Crippen molar-refractivity contribution in [1.29, 1.82) is 0 Å². The number of aromatic hydroxyl groups is 2. The first kappa shape index (κ1) is 14.1. The number of benzene rings is 1. The van der Waals surface area contributed by atoms with Crippen LogP contribution in [0.5, 0.6) is 11.5 Å². The van der Waals surface area contributed by atoms with E-state index < -0.39 is 0 Å². The first-order chi connectivity index (χ1) is 9.19. The van der Waals surface area contributed by atoms with Crippen molar-refractivity contribution >= 4 is 0 Å². The summed E-state index contributed by atoms with van der Waals surface area (Å²) in [5, 5.41) is 31.4. The highest BCUT2D eigenvalue weighted by molar-refractivity contribution is 5.40. The molecule has 1 atom stereocenters. The third-order valence-electron chi connectivity index (χ3n) is 3.50. The lowest BCUT2D eigenvalue weighted by atomic mass is 10.1. The van der Waals surface area contributed by atoms with Crippen LogP contribution in [0.3, 0.4) is 0 Å². The van der Waals surface area contributed by atoms with Gasteiger partial charge in [0.05, 0.1) is 6.61 Å². The number of phenolic OH excluding ortho intramolecular Hbond substituents is 2. The number of aliphatic hydroxyl groups is 1. The van der Waals surface area contributed by atoms with E-state index in [9.17, 15) is 10.2 Å². The van der Waals surface area contributed by atoms with Gasteiger partial charge in [-0.1, -0.05) is 6.07 Å². The van der Waals surface area contributed by atoms with E-state index in [1.54, 1.807) is 12.1 Å². The summed E-state index contributed by atoms with van der Waals surface area (Å²) >= 11 is 0. The van der Waals surface area contributed by atoms with Crippen LogP contribution < -0.4 is 5.32 Å². The first-order valence-electron chi connectivity index (χ1n) is 6.76. The molecule has 1 heterocycles. The molecule has 5 heteroatoms. The second kappa shape index (κ2) is 6.75. The number of hydrogen-bond acceptors (Lipinski definition) is 5. The molecule has 0 aromatic heterocycles. The molecular formula is C14H22N2O3. The molecule has 4 N–H and O–H groups in total. The van der Waals surface area contributed by atoms with Crippen LogP contribution in [0.15, 0.2) is 18.2 Å². The summed E-state index contributed by atoms with van der Waals surface area (Å²) in [6, 6.07) is 5.34. The Kier molecular flexibility index (Phi) is 5.01. The van der Waals surface area contributed by atoms with E-state index in [1.165, 1.54) is 18.9 Å². The number of nitrogens with zero attached hydrogens (tertiary/aromatic N) is 1. The molecule has 1 aromatic carbocycles. The minimum Gasteiger partial charge on any atom is -0.504 e. The predicted molar refractivity (Wildman–Crippen MR) is 73.2 cm³/mol. The summed E-state index contributed by atoms with van der Waals surface area (Å²) in [4.78, 5) is 2.16. The van der Waals surface area contributed by atoms with Crippen LogP contribution in [-0.4, -0.2) is 52.5 Å². The molecule has 1 fully saturated rings. The van der Waals surface area contributed by atoms with E-state index >= 15 is 0 Å². The number of phenols is 2. The Morgan fingerprint density at radius 3 is 2.74 bits per heavy atom. The highest BCUT2D eigenvalue weighted by atomic mass is 16.3. The van der Waals surface area contributed by atoms with Gasteiger partial charge in [-0.05, 0) is 37.1 Å². The first-order valence-corrected chi connectivity index (χ1v) is 6.76. The highest BCUT2D eigenvalue weighted by Gasteiger charge is 2.18. The molecule has 19 heavy (non-hydrogen) atoms. The van der Waals surface area contributed by atoms with Crippen LogP contribution in [0.4, 0.5) is 0 Å². The third-order valence-corrected chi connectivity index (χ3v) is 3.50. The second-order valence-electron chi connectivity index (χ2n) is 5.08. The van der Waals surface area contributed by atoms with Gasteiger partial charge in [-0.25, -0.2) is 0 Å². The van der Waals surface area contributed by atoms with Gasteiger partial charge in [0.15, 0.2) is 11.5 Å². The van der Waals surface area contributed by atoms with Crippen molar-refractivity contribution in [2.75, 3.05) is 26.2 Å². The molecule has 2 rings (SSSR count). The topological polar surface area (TPSA) is 76.0 Å². The number of nitrogens with one attached hydrogen (secondary N) is 1. The Morgan fingerprint density at radius 2 is 2.11 bits per heavy atom. The van der Waals surface area contributed by atoms with Crippen molar-refractivity contribution in [3.8, 4) is 11.5 Å². The van der Waals surface area contributed by atoms with Crippen molar-refractivity contribution in [2.24, 2.45) is 0 Å². The highest BCUT2D eigenvalue weighted by Crippen LogP contribution is 2.25. The lowest BCUT2D eigenvalue weighted by Crippen LogP contribution is -2.38. The Morgan fingerprint density at radius 1 is 1.26 bits per heavy atom. The fourth-order valence-corrected chi connectivity index (χ4v) is 2.53. The van der Waals surface area contributed by atoms with E-state index in [-0.39, 0.29) is 18.1 Å². The van der Waals surface area contributed by atoms with Gasteiger partial charge in [0, 0.05) is 25.7 Å². The van der Waals surface area contributed by atoms with Crippen molar-refractivity contribution in [1.82, 2.24) is 10.2 Å². The Bertz CT molecular complexity index is 406. The van der Waals surface area contributed by atoms with Crippen molar-refractivity contribution in [3.05, 3.63) is 23.8 Å². The Labute approximate surface area is 113 Å². The molecule has 0 spiro atoms. The molecule has 0 aliphatic carbocycles. The molecule has 5 nitrogen and oxygen atoms in total. The normalized spacial score (nSPS) is 19.2. The molecule has 0 radical (unpaired) electrons. The minimum atomic E-state index is -0.102. The summed E-state index contributed by atoms with van der Waals surface area (Å²) in [6.07, 6.45) is 2.38. The molecule has 1 saturated heterocycles. The summed E-state index contributed by atoms with van der Waals surface area (Å²) in [5.74, 6) is -0.199. The monoisotopic (exact) mass is 266 g/mol. The maximum absolute atomic E-state index is 9.50. The summed E-state index contributed by atoms with van der Waals surface area (Å²) < 4.78 is 0. The third kappa shape index (κ3) is 4.09. The molecule has 0 bridgehead atoms. The number of aliphatic hydroxyl groups excluding tert-OH is 1. The van der Waals surface area contributed by atoms with Gasteiger partial charge in [-0.2, -0.15) is 0 Å². The SMILES string of the molecule is OCCN(Cc1ccc(O)c(O)c1)CC1CCCN1. The summed E-state index contributed by atoms with van der Waals surface area (Å²) in [6.45, 7) is 3.35. The fraction of sp³-hybridized carbons (Fsp3) is 0.571. The fourth-order valence-electron chi connectivity index (χ4n) is 2.53. The lowest BCUT2D eigenvalue weighted by Gasteiger charge is -2.25. The van der Waals surface area contributed by atoms with Gasteiger partial charge in [0.1, 0.15) is 0 Å². The summed E-state index contributed by atoms with van der Waals surface area (Å²) in [7, 11) is 0. The molecule has 1 aliphatic rings. The largest absolute Gasteiger partial charge is 0.504 e. The lowest BCUT2D eigenvalue weighted by molar-refractivity contribution is 0.179. The maximum atomic E-state index is 9.50. The van der Waals surface area contributed by atoms with Gasteiger partial charge in [0.2, 0.25) is 0 Å². The average Bonchev–Trinajstić information content (AvgIpc) is 2.87. The average molecular weight is 266 g/mol. The van der Waals surface area contributed by atoms with E-state index in [2.05, 4.69) is 10.2 Å². The quantitative estimate of drug-likeness (QED) is 0.569. The Balaban J connectivity index is 1.96. The molecular weight excluding hydrogens is 244 g/mol. The van der Waals surface area contributed by atoms with Crippen LogP contribution in [0, 0.1) is 0 Å². The van der Waals surface area contributed by atoms with Crippen LogP contribution >= 0.6 is 0 Å². The second-order valence-corrected chi connectivity index (χ2v) is 5.08. The zero-order chi connectivity index (χ0) is 13.7. The number of hydrogen-bond donors (Lipinski definition) is 4. The Hall–Kier alpha value is -1.30. The van der Waals surface area contributed by atoms with Gasteiger partial charge in [0.25, 0.3) is 0 Å². The van der Waals surface area contributed by atoms with Crippen LogP contribution in [0.25, 0.3) is 0 Å². The van der Waals surface area contributed by atoms with Crippen LogP contribution in [0.1, 0.15) is 18.4 Å². The standard InChI is InChI=1S/C14H22N2O3/c17-7-6-16(10-12-2-1-5-15-12)9-11-3-4-13(18)14(19)8-11/h3-4,8,12,15,17-19H,1-2,5-7,9-10H2.